The third kappa shape index (κ3) is 3.91. The van der Waals surface area contributed by atoms with Crippen molar-refractivity contribution in [3.63, 3.8) is 0 Å². The highest BCUT2D eigenvalue weighted by atomic mass is 16.5. The quantitative estimate of drug-likeness (QED) is 0.673. The molecule has 1 fully saturated rings. The molecule has 1 aromatic heterocycles. The zero-order valence-electron chi connectivity index (χ0n) is 13.6. The van der Waals surface area contributed by atoms with Gasteiger partial charge >= 0.3 is 0 Å². The van der Waals surface area contributed by atoms with Gasteiger partial charge in [0.2, 0.25) is 5.96 Å². The summed E-state index contributed by atoms with van der Waals surface area (Å²) in [7, 11) is 1.67. The maximum absolute atomic E-state index is 6.12. The van der Waals surface area contributed by atoms with Crippen LogP contribution in [0.5, 0.6) is 0 Å². The molecule has 0 radical (unpaired) electrons. The molecule has 2 heterocycles. The number of hydrogen-bond acceptors (Lipinski definition) is 3. The van der Waals surface area contributed by atoms with E-state index in [0.717, 1.165) is 18.5 Å². The lowest BCUT2D eigenvalue weighted by molar-refractivity contribution is -0.170. The molecule has 1 N–H and O–H groups in total. The number of nitrogens with zero attached hydrogens (tertiary/aromatic N) is 4. The first-order chi connectivity index (χ1) is 9.74. The van der Waals surface area contributed by atoms with Gasteiger partial charge in [-0.05, 0) is 47.3 Å². The number of guanidine groups is 1. The molecule has 6 heteroatoms. The number of ether oxygens (including phenoxy) is 1. The first-order valence-electron chi connectivity index (χ1n) is 7.19. The summed E-state index contributed by atoms with van der Waals surface area (Å²) in [6.45, 7) is 12.0. The molecule has 116 valence electrons. The predicted octanol–water partition coefficient (Wildman–Crippen LogP) is 2.89. The van der Waals surface area contributed by atoms with E-state index in [0.29, 0.717) is 12.0 Å². The van der Waals surface area contributed by atoms with Crippen LogP contribution in [-0.2, 0) is 4.74 Å². The van der Waals surface area contributed by atoms with Crippen molar-refractivity contribution in [2.45, 2.75) is 57.8 Å². The molecule has 6 nitrogen and oxygen atoms in total. The lowest BCUT2D eigenvalue weighted by Gasteiger charge is -2.45. The minimum atomic E-state index is -0.148. The largest absolute Gasteiger partial charge is 0.370 e. The van der Waals surface area contributed by atoms with Crippen molar-refractivity contribution in [2.24, 2.45) is 9.98 Å². The number of aromatic nitrogens is 2. The lowest BCUT2D eigenvalue weighted by Crippen LogP contribution is -2.45. The van der Waals surface area contributed by atoms with Crippen LogP contribution in [0.25, 0.3) is 0 Å². The zero-order chi connectivity index (χ0) is 15.7. The second-order valence-corrected chi connectivity index (χ2v) is 6.72. The molecule has 0 aromatic carbocycles. The van der Waals surface area contributed by atoms with Gasteiger partial charge in [-0.25, -0.2) is 4.99 Å². The van der Waals surface area contributed by atoms with Crippen LogP contribution in [0.15, 0.2) is 22.4 Å². The summed E-state index contributed by atoms with van der Waals surface area (Å²) < 4.78 is 8.12. The summed E-state index contributed by atoms with van der Waals surface area (Å²) in [5.74, 6) is 0.488. The molecule has 0 bridgehead atoms. The molecular weight excluding hydrogens is 266 g/mol. The molecule has 0 amide bonds. The summed E-state index contributed by atoms with van der Waals surface area (Å²) >= 11 is 0. The van der Waals surface area contributed by atoms with Crippen LogP contribution < -0.4 is 5.32 Å². The lowest BCUT2D eigenvalue weighted by atomic mass is 9.85. The van der Waals surface area contributed by atoms with Gasteiger partial charge in [0.05, 0.1) is 29.1 Å². The Hall–Kier alpha value is -1.69. The number of nitrogens with one attached hydrogen (secondary N) is 1. The Morgan fingerprint density at radius 1 is 1.38 bits per heavy atom. The molecule has 1 saturated heterocycles. The van der Waals surface area contributed by atoms with E-state index in [4.69, 9.17) is 4.74 Å². The molecular formula is C15H25N5O. The van der Waals surface area contributed by atoms with Crippen molar-refractivity contribution in [1.29, 1.82) is 0 Å². The normalized spacial score (nSPS) is 22.0. The van der Waals surface area contributed by atoms with Crippen molar-refractivity contribution in [3.05, 3.63) is 12.4 Å². The minimum Gasteiger partial charge on any atom is -0.370 e. The van der Waals surface area contributed by atoms with Crippen molar-refractivity contribution >= 4 is 18.4 Å². The van der Waals surface area contributed by atoms with E-state index >= 15 is 0 Å². The maximum atomic E-state index is 6.12. The predicted molar refractivity (Wildman–Crippen MR) is 86.3 cm³/mol. The van der Waals surface area contributed by atoms with Crippen molar-refractivity contribution in [1.82, 2.24) is 9.78 Å². The van der Waals surface area contributed by atoms with E-state index in [9.17, 15) is 0 Å². The fourth-order valence-corrected chi connectivity index (χ4v) is 3.12. The van der Waals surface area contributed by atoms with Crippen LogP contribution in [0, 0.1) is 0 Å². The van der Waals surface area contributed by atoms with E-state index in [-0.39, 0.29) is 11.2 Å². The van der Waals surface area contributed by atoms with E-state index in [1.54, 1.807) is 13.2 Å². The Labute approximate surface area is 126 Å². The third-order valence-electron chi connectivity index (χ3n) is 3.60. The summed E-state index contributed by atoms with van der Waals surface area (Å²) in [6, 6.07) is 0.318. The van der Waals surface area contributed by atoms with Gasteiger partial charge in [0.1, 0.15) is 0 Å². The smallest absolute Gasteiger partial charge is 0.221 e. The number of aliphatic imine (C=N–C) groups is 2. The average Bonchev–Trinajstić information content (AvgIpc) is 2.80. The van der Waals surface area contributed by atoms with Crippen LogP contribution >= 0.6 is 0 Å². The van der Waals surface area contributed by atoms with Crippen molar-refractivity contribution in [2.75, 3.05) is 12.4 Å². The summed E-state index contributed by atoms with van der Waals surface area (Å²) in [6.07, 6.45) is 5.64. The van der Waals surface area contributed by atoms with Crippen LogP contribution in [0.1, 0.15) is 46.6 Å². The van der Waals surface area contributed by atoms with Crippen LogP contribution in [0.2, 0.25) is 0 Å². The van der Waals surface area contributed by atoms with Gasteiger partial charge in [-0.15, -0.1) is 0 Å². The zero-order valence-corrected chi connectivity index (χ0v) is 13.6. The molecule has 1 aromatic rings. The van der Waals surface area contributed by atoms with E-state index in [2.05, 4.69) is 54.8 Å². The van der Waals surface area contributed by atoms with Crippen molar-refractivity contribution in [3.8, 4) is 0 Å². The molecule has 0 saturated carbocycles. The molecule has 1 aliphatic heterocycles. The van der Waals surface area contributed by atoms with Gasteiger partial charge in [-0.1, -0.05) is 0 Å². The highest BCUT2D eigenvalue weighted by Gasteiger charge is 2.40. The Morgan fingerprint density at radius 2 is 2.00 bits per heavy atom. The van der Waals surface area contributed by atoms with Gasteiger partial charge in [0.15, 0.2) is 0 Å². The highest BCUT2D eigenvalue weighted by molar-refractivity contribution is 5.96. The summed E-state index contributed by atoms with van der Waals surface area (Å²) in [5.41, 5.74) is 0.570. The second kappa shape index (κ2) is 5.60. The monoisotopic (exact) mass is 291 g/mol. The summed E-state index contributed by atoms with van der Waals surface area (Å²) in [4.78, 5) is 7.79. The summed E-state index contributed by atoms with van der Waals surface area (Å²) in [5, 5.41) is 7.56. The standard InChI is InChI=1S/C15H25N5O/c1-14(2)7-12(8-15(3,4)21-14)20-10-11(9-18-20)19-13(16-5)17-6/h9-10,12H,5,7-8H2,1-4,6H3,(H,17,19). The Balaban J connectivity index is 2.15. The van der Waals surface area contributed by atoms with Gasteiger partial charge < -0.3 is 10.1 Å². The van der Waals surface area contributed by atoms with Gasteiger partial charge in [0, 0.05) is 13.2 Å². The molecule has 1 aliphatic rings. The Morgan fingerprint density at radius 3 is 2.52 bits per heavy atom. The Bertz CT molecular complexity index is 528. The van der Waals surface area contributed by atoms with Crippen LogP contribution in [-0.4, -0.2) is 40.7 Å². The highest BCUT2D eigenvalue weighted by Crippen LogP contribution is 2.40. The topological polar surface area (TPSA) is 63.8 Å². The minimum absolute atomic E-state index is 0.148. The van der Waals surface area contributed by atoms with Crippen LogP contribution in [0.4, 0.5) is 5.69 Å². The van der Waals surface area contributed by atoms with E-state index in [1.165, 1.54) is 0 Å². The first-order valence-corrected chi connectivity index (χ1v) is 7.19. The third-order valence-corrected chi connectivity index (χ3v) is 3.60. The second-order valence-electron chi connectivity index (χ2n) is 6.72. The van der Waals surface area contributed by atoms with Gasteiger partial charge in [-0.2, -0.15) is 5.10 Å². The molecule has 0 unspecified atom stereocenters. The molecule has 2 rings (SSSR count). The molecule has 21 heavy (non-hydrogen) atoms. The molecule has 0 spiro atoms. The number of rotatable bonds is 2. The van der Waals surface area contributed by atoms with Crippen LogP contribution in [0.3, 0.4) is 0 Å². The molecule has 0 atom stereocenters. The van der Waals surface area contributed by atoms with Gasteiger partial charge in [-0.3, -0.25) is 9.67 Å². The average molecular weight is 291 g/mol. The fourth-order valence-electron chi connectivity index (χ4n) is 3.12. The first kappa shape index (κ1) is 15.7. The van der Waals surface area contributed by atoms with E-state index in [1.807, 2.05) is 10.9 Å². The van der Waals surface area contributed by atoms with E-state index < -0.39 is 0 Å². The van der Waals surface area contributed by atoms with Gasteiger partial charge in [0.25, 0.3) is 0 Å². The fraction of sp³-hybridized carbons (Fsp3) is 0.667. The number of anilines is 1. The SMILES string of the molecule is C=NC(=NC)Nc1cnn(C2CC(C)(C)OC(C)(C)C2)c1. The Kier molecular flexibility index (Phi) is 4.18. The number of hydrogen-bond donors (Lipinski definition) is 1. The van der Waals surface area contributed by atoms with Crippen molar-refractivity contribution < 1.29 is 4.74 Å². The molecule has 0 aliphatic carbocycles. The maximum Gasteiger partial charge on any atom is 0.221 e.